The molecule has 0 unspecified atom stereocenters. The zero-order valence-electron chi connectivity index (χ0n) is 10.1. The number of carboxylic acid groups (broad SMARTS) is 1. The second-order valence-corrected chi connectivity index (χ2v) is 5.32. The van der Waals surface area contributed by atoms with E-state index in [2.05, 4.69) is 0 Å². The molecule has 0 aliphatic carbocycles. The van der Waals surface area contributed by atoms with Crippen molar-refractivity contribution < 1.29 is 9.90 Å². The minimum Gasteiger partial charge on any atom is -0.478 e. The summed E-state index contributed by atoms with van der Waals surface area (Å²) in [6, 6.07) is 11.5. The molecule has 2 nitrogen and oxygen atoms in total. The number of carboxylic acids is 1. The molecule has 0 radical (unpaired) electrons. The van der Waals surface area contributed by atoms with Crippen molar-refractivity contribution in [3.8, 4) is 0 Å². The van der Waals surface area contributed by atoms with Crippen molar-refractivity contribution in [1.29, 1.82) is 0 Å². The van der Waals surface area contributed by atoms with Gasteiger partial charge >= 0.3 is 5.97 Å². The van der Waals surface area contributed by atoms with E-state index in [0.717, 1.165) is 5.56 Å². The van der Waals surface area contributed by atoms with Crippen molar-refractivity contribution in [2.45, 2.75) is 0 Å². The molecule has 1 N–H and O–H groups in total. The van der Waals surface area contributed by atoms with Gasteiger partial charge in [-0.1, -0.05) is 53.0 Å². The van der Waals surface area contributed by atoms with Crippen LogP contribution < -0.4 is 0 Å². The van der Waals surface area contributed by atoms with Crippen LogP contribution in [0, 0.1) is 0 Å². The summed E-state index contributed by atoms with van der Waals surface area (Å²) in [5, 5.41) is 10.7. The lowest BCUT2D eigenvalue weighted by atomic mass is 10.0. The van der Waals surface area contributed by atoms with E-state index in [-0.39, 0.29) is 5.57 Å². The van der Waals surface area contributed by atoms with Gasteiger partial charge in [-0.3, -0.25) is 0 Å². The summed E-state index contributed by atoms with van der Waals surface area (Å²) in [4.78, 5) is 11.4. The number of carbonyl (C=O) groups is 1. The highest BCUT2D eigenvalue weighted by Crippen LogP contribution is 2.29. The molecule has 102 valence electrons. The molecule has 0 aromatic heterocycles. The Hall–Kier alpha value is -1.48. The average molecular weight is 328 g/mol. The molecule has 0 fully saturated rings. The normalized spacial score (nSPS) is 11.4. The highest BCUT2D eigenvalue weighted by Gasteiger charge is 2.14. The number of halogens is 3. The lowest BCUT2D eigenvalue weighted by Gasteiger charge is -2.06. The van der Waals surface area contributed by atoms with Crippen molar-refractivity contribution in [2.75, 3.05) is 0 Å². The Bertz CT molecular complexity index is 676. The van der Waals surface area contributed by atoms with E-state index in [0.29, 0.717) is 20.6 Å². The molecule has 0 aliphatic rings. The van der Waals surface area contributed by atoms with Gasteiger partial charge in [-0.2, -0.15) is 0 Å². The summed E-state index contributed by atoms with van der Waals surface area (Å²) in [5.74, 6) is -1.07. The molecule has 0 heterocycles. The first-order chi connectivity index (χ1) is 9.47. The zero-order valence-corrected chi connectivity index (χ0v) is 12.4. The Morgan fingerprint density at radius 2 is 1.55 bits per heavy atom. The van der Waals surface area contributed by atoms with Gasteiger partial charge in [0.1, 0.15) is 0 Å². The van der Waals surface area contributed by atoms with Crippen LogP contribution in [0.25, 0.3) is 11.6 Å². The SMILES string of the molecule is O=C(O)/C(=C\c1ccc(Cl)cc1)c1ccc(Cl)cc1Cl. The standard InChI is InChI=1S/C15H9Cl3O2/c16-10-3-1-9(2-4-10)7-13(15(19)20)12-6-5-11(17)8-14(12)18/h1-8H,(H,19,20)/b13-7-. The van der Waals surface area contributed by atoms with E-state index in [4.69, 9.17) is 34.8 Å². The number of hydrogen-bond acceptors (Lipinski definition) is 1. The highest BCUT2D eigenvalue weighted by molar-refractivity contribution is 6.37. The topological polar surface area (TPSA) is 37.3 Å². The van der Waals surface area contributed by atoms with Crippen LogP contribution in [-0.2, 0) is 4.79 Å². The van der Waals surface area contributed by atoms with Gasteiger partial charge in [-0.15, -0.1) is 0 Å². The Kier molecular flexibility index (Phi) is 4.71. The number of aliphatic carboxylic acids is 1. The molecule has 0 spiro atoms. The molecular formula is C15H9Cl3O2. The maximum Gasteiger partial charge on any atom is 0.336 e. The third kappa shape index (κ3) is 3.54. The van der Waals surface area contributed by atoms with Crippen LogP contribution in [0.4, 0.5) is 0 Å². The molecule has 0 bridgehead atoms. The van der Waals surface area contributed by atoms with Crippen molar-refractivity contribution in [2.24, 2.45) is 0 Å². The molecular weight excluding hydrogens is 319 g/mol. The van der Waals surface area contributed by atoms with Crippen molar-refractivity contribution in [3.63, 3.8) is 0 Å². The summed E-state index contributed by atoms with van der Waals surface area (Å²) in [7, 11) is 0. The van der Waals surface area contributed by atoms with Crippen LogP contribution in [0.15, 0.2) is 42.5 Å². The minimum absolute atomic E-state index is 0.0917. The first-order valence-electron chi connectivity index (χ1n) is 5.63. The number of hydrogen-bond donors (Lipinski definition) is 1. The van der Waals surface area contributed by atoms with Crippen molar-refractivity contribution >= 4 is 52.4 Å². The lowest BCUT2D eigenvalue weighted by Crippen LogP contribution is -2.00. The maximum atomic E-state index is 11.4. The van der Waals surface area contributed by atoms with E-state index in [9.17, 15) is 9.90 Å². The fraction of sp³-hybridized carbons (Fsp3) is 0. The summed E-state index contributed by atoms with van der Waals surface area (Å²) in [6.07, 6.45) is 1.54. The third-order valence-electron chi connectivity index (χ3n) is 2.63. The van der Waals surface area contributed by atoms with Crippen LogP contribution in [0.3, 0.4) is 0 Å². The maximum absolute atomic E-state index is 11.4. The zero-order chi connectivity index (χ0) is 14.7. The van der Waals surface area contributed by atoms with Crippen LogP contribution in [-0.4, -0.2) is 11.1 Å². The second kappa shape index (κ2) is 6.31. The first-order valence-corrected chi connectivity index (χ1v) is 6.77. The molecule has 0 aliphatic heterocycles. The van der Waals surface area contributed by atoms with Crippen molar-refractivity contribution in [3.05, 3.63) is 68.7 Å². The smallest absolute Gasteiger partial charge is 0.336 e. The predicted octanol–water partition coefficient (Wildman–Crippen LogP) is 5.27. The fourth-order valence-corrected chi connectivity index (χ4v) is 2.32. The Morgan fingerprint density at radius 1 is 0.950 bits per heavy atom. The van der Waals surface area contributed by atoms with Gasteiger partial charge in [0.25, 0.3) is 0 Å². The molecule has 2 aromatic rings. The molecule has 2 aromatic carbocycles. The van der Waals surface area contributed by atoms with Gasteiger partial charge in [0.05, 0.1) is 10.6 Å². The quantitative estimate of drug-likeness (QED) is 0.616. The van der Waals surface area contributed by atoms with Crippen LogP contribution in [0.1, 0.15) is 11.1 Å². The molecule has 0 saturated heterocycles. The van der Waals surface area contributed by atoms with Gasteiger partial charge in [-0.05, 0) is 35.9 Å². The molecule has 20 heavy (non-hydrogen) atoms. The van der Waals surface area contributed by atoms with Crippen LogP contribution >= 0.6 is 34.8 Å². The Morgan fingerprint density at radius 3 is 2.10 bits per heavy atom. The Labute approximate surface area is 131 Å². The lowest BCUT2D eigenvalue weighted by molar-refractivity contribution is -0.130. The Balaban J connectivity index is 2.51. The van der Waals surface area contributed by atoms with E-state index in [1.54, 1.807) is 36.4 Å². The predicted molar refractivity (Wildman–Crippen MR) is 83.4 cm³/mol. The second-order valence-electron chi connectivity index (χ2n) is 4.04. The molecule has 5 heteroatoms. The summed E-state index contributed by atoms with van der Waals surface area (Å²) in [5.41, 5.74) is 1.23. The third-order valence-corrected chi connectivity index (χ3v) is 3.43. The van der Waals surface area contributed by atoms with Gasteiger partial charge in [0.2, 0.25) is 0 Å². The summed E-state index contributed by atoms with van der Waals surface area (Å²) >= 11 is 17.7. The fourth-order valence-electron chi connectivity index (χ4n) is 1.69. The van der Waals surface area contributed by atoms with E-state index in [1.165, 1.54) is 12.1 Å². The molecule has 0 atom stereocenters. The van der Waals surface area contributed by atoms with Gasteiger partial charge in [0.15, 0.2) is 0 Å². The van der Waals surface area contributed by atoms with Crippen LogP contribution in [0.2, 0.25) is 15.1 Å². The van der Waals surface area contributed by atoms with Gasteiger partial charge in [-0.25, -0.2) is 4.79 Å². The summed E-state index contributed by atoms with van der Waals surface area (Å²) in [6.45, 7) is 0. The summed E-state index contributed by atoms with van der Waals surface area (Å²) < 4.78 is 0. The van der Waals surface area contributed by atoms with Gasteiger partial charge in [0, 0.05) is 15.6 Å². The van der Waals surface area contributed by atoms with Crippen LogP contribution in [0.5, 0.6) is 0 Å². The van der Waals surface area contributed by atoms with E-state index in [1.807, 2.05) is 0 Å². The van der Waals surface area contributed by atoms with E-state index >= 15 is 0 Å². The minimum atomic E-state index is -1.07. The average Bonchev–Trinajstić information content (AvgIpc) is 2.39. The monoisotopic (exact) mass is 326 g/mol. The number of rotatable bonds is 3. The molecule has 0 saturated carbocycles. The van der Waals surface area contributed by atoms with Crippen molar-refractivity contribution in [1.82, 2.24) is 0 Å². The highest BCUT2D eigenvalue weighted by atomic mass is 35.5. The first kappa shape index (κ1) is 14.9. The van der Waals surface area contributed by atoms with E-state index < -0.39 is 5.97 Å². The van der Waals surface area contributed by atoms with Gasteiger partial charge < -0.3 is 5.11 Å². The molecule has 2 rings (SSSR count). The molecule has 0 amide bonds. The largest absolute Gasteiger partial charge is 0.478 e. The number of benzene rings is 2.